The molecule has 3 aromatic rings. The summed E-state index contributed by atoms with van der Waals surface area (Å²) in [6.07, 6.45) is 3.26. The number of nitrogens with zero attached hydrogens (tertiary/aromatic N) is 2. The lowest BCUT2D eigenvalue weighted by atomic mass is 9.93. The van der Waals surface area contributed by atoms with Gasteiger partial charge >= 0.3 is 11.9 Å². The van der Waals surface area contributed by atoms with E-state index >= 15 is 0 Å². The fourth-order valence-corrected chi connectivity index (χ4v) is 2.70. The Morgan fingerprint density at radius 3 is 2.50 bits per heavy atom. The van der Waals surface area contributed by atoms with E-state index in [1.807, 2.05) is 30.3 Å². The Balaban J connectivity index is 2.23. The molecule has 0 bridgehead atoms. The quantitative estimate of drug-likeness (QED) is 0.399. The molecule has 0 atom stereocenters. The molecular formula is C20H20N2O4. The maximum Gasteiger partial charge on any atom is 0.377 e. The molecule has 0 saturated heterocycles. The average molecular weight is 352 g/mol. The summed E-state index contributed by atoms with van der Waals surface area (Å²) in [6, 6.07) is 12.8. The monoisotopic (exact) mass is 352 g/mol. The van der Waals surface area contributed by atoms with Crippen LogP contribution in [0.4, 0.5) is 0 Å². The van der Waals surface area contributed by atoms with Gasteiger partial charge in [0, 0.05) is 18.0 Å². The summed E-state index contributed by atoms with van der Waals surface area (Å²) in [4.78, 5) is 16.5. The van der Waals surface area contributed by atoms with Gasteiger partial charge in [-0.15, -0.1) is 4.73 Å². The number of esters is 1. The molecule has 0 aliphatic carbocycles. The number of hydrogen-bond acceptors (Lipinski definition) is 5. The van der Waals surface area contributed by atoms with E-state index in [4.69, 9.17) is 9.15 Å². The van der Waals surface area contributed by atoms with Crippen molar-refractivity contribution in [1.29, 1.82) is 0 Å². The predicted octanol–water partition coefficient (Wildman–Crippen LogP) is 3.48. The van der Waals surface area contributed by atoms with Gasteiger partial charge in [0.05, 0.1) is 12.2 Å². The molecule has 0 saturated carbocycles. The van der Waals surface area contributed by atoms with E-state index in [1.54, 1.807) is 45.3 Å². The van der Waals surface area contributed by atoms with Crippen molar-refractivity contribution in [1.82, 2.24) is 4.98 Å². The van der Waals surface area contributed by atoms with Crippen molar-refractivity contribution in [3.8, 4) is 22.6 Å². The molecule has 0 fully saturated rings. The molecule has 0 N–H and O–H groups in total. The van der Waals surface area contributed by atoms with Gasteiger partial charge in [-0.25, -0.2) is 0 Å². The second kappa shape index (κ2) is 7.00. The maximum absolute atomic E-state index is 13.1. The van der Waals surface area contributed by atoms with E-state index in [-0.39, 0.29) is 12.5 Å². The summed E-state index contributed by atoms with van der Waals surface area (Å²) in [5.41, 5.74) is 0.450. The van der Waals surface area contributed by atoms with Gasteiger partial charge in [-0.1, -0.05) is 18.2 Å². The Morgan fingerprint density at radius 2 is 1.88 bits per heavy atom. The zero-order valence-corrected chi connectivity index (χ0v) is 14.9. The highest BCUT2D eigenvalue weighted by Gasteiger charge is 2.45. The molecule has 134 valence electrons. The fourth-order valence-electron chi connectivity index (χ4n) is 2.70. The zero-order valence-electron chi connectivity index (χ0n) is 14.9. The van der Waals surface area contributed by atoms with Crippen LogP contribution in [0.1, 0.15) is 26.7 Å². The number of pyridine rings is 1. The predicted molar refractivity (Wildman–Crippen MR) is 96.0 cm³/mol. The number of carbonyl (C=O) groups excluding carboxylic acids is 1. The number of oxazole rings is 1. The van der Waals surface area contributed by atoms with Crippen LogP contribution in [0.5, 0.6) is 0 Å². The van der Waals surface area contributed by atoms with E-state index in [0.717, 1.165) is 0 Å². The molecule has 6 heteroatoms. The highest BCUT2D eigenvalue weighted by Crippen LogP contribution is 2.35. The highest BCUT2D eigenvalue weighted by molar-refractivity contribution is 5.81. The molecule has 0 unspecified atom stereocenters. The third-order valence-corrected chi connectivity index (χ3v) is 4.09. The first-order valence-corrected chi connectivity index (χ1v) is 8.36. The number of aromatic nitrogens is 2. The third-order valence-electron chi connectivity index (χ3n) is 4.09. The highest BCUT2D eigenvalue weighted by atomic mass is 16.5. The Morgan fingerprint density at radius 1 is 1.19 bits per heavy atom. The molecule has 0 amide bonds. The minimum Gasteiger partial charge on any atom is -0.616 e. The number of carbonyl (C=O) groups is 1. The van der Waals surface area contributed by atoms with Gasteiger partial charge in [0.15, 0.2) is 5.41 Å². The first kappa shape index (κ1) is 17.7. The van der Waals surface area contributed by atoms with Gasteiger partial charge in [0.2, 0.25) is 5.76 Å². The van der Waals surface area contributed by atoms with Crippen molar-refractivity contribution in [2.75, 3.05) is 6.61 Å². The largest absolute Gasteiger partial charge is 0.616 e. The number of ether oxygens (including phenoxy) is 1. The zero-order chi connectivity index (χ0) is 18.7. The summed E-state index contributed by atoms with van der Waals surface area (Å²) in [7, 11) is 0. The van der Waals surface area contributed by atoms with Crippen LogP contribution in [0.2, 0.25) is 0 Å². The lowest BCUT2D eigenvalue weighted by Gasteiger charge is -2.16. The molecule has 2 aromatic heterocycles. The van der Waals surface area contributed by atoms with Gasteiger partial charge in [0.1, 0.15) is 0 Å². The molecule has 3 rings (SSSR count). The average Bonchev–Trinajstić information content (AvgIpc) is 3.01. The van der Waals surface area contributed by atoms with Gasteiger partial charge in [0.25, 0.3) is 5.69 Å². The third kappa shape index (κ3) is 3.06. The summed E-state index contributed by atoms with van der Waals surface area (Å²) < 4.78 is 11.7. The van der Waals surface area contributed by atoms with E-state index in [1.165, 1.54) is 0 Å². The number of rotatable bonds is 5. The molecule has 0 aliphatic rings. The van der Waals surface area contributed by atoms with Crippen LogP contribution >= 0.6 is 0 Å². The SMILES string of the molecule is CCOC(=O)C(C)(C)c1oc(-c2cccnc2)c(-c2ccccc2)[n+]1[O-]. The van der Waals surface area contributed by atoms with Crippen LogP contribution in [0.25, 0.3) is 22.6 Å². The van der Waals surface area contributed by atoms with Crippen LogP contribution in [0.15, 0.2) is 59.3 Å². The normalized spacial score (nSPS) is 11.3. The van der Waals surface area contributed by atoms with Crippen molar-refractivity contribution in [3.05, 3.63) is 66.0 Å². The summed E-state index contributed by atoms with van der Waals surface area (Å²) >= 11 is 0. The Kier molecular flexibility index (Phi) is 4.75. The molecule has 2 heterocycles. The van der Waals surface area contributed by atoms with Crippen LogP contribution in [-0.4, -0.2) is 17.6 Å². The van der Waals surface area contributed by atoms with E-state index in [2.05, 4.69) is 4.98 Å². The molecule has 6 nitrogen and oxygen atoms in total. The molecule has 0 spiro atoms. The van der Waals surface area contributed by atoms with Gasteiger partial charge in [-0.2, -0.15) is 0 Å². The Bertz CT molecular complexity index is 902. The van der Waals surface area contributed by atoms with Crippen molar-refractivity contribution < 1.29 is 18.7 Å². The van der Waals surface area contributed by atoms with E-state index < -0.39 is 11.4 Å². The fraction of sp³-hybridized carbons (Fsp3) is 0.250. The van der Waals surface area contributed by atoms with Crippen molar-refractivity contribution in [2.45, 2.75) is 26.2 Å². The molecule has 0 radical (unpaired) electrons. The number of hydrogen-bond donors (Lipinski definition) is 0. The molecule has 1 aromatic carbocycles. The summed E-state index contributed by atoms with van der Waals surface area (Å²) in [6.45, 7) is 5.17. The molecule has 0 aliphatic heterocycles. The summed E-state index contributed by atoms with van der Waals surface area (Å²) in [5, 5.41) is 13.1. The topological polar surface area (TPSA) is 79.3 Å². The molecular weight excluding hydrogens is 332 g/mol. The maximum atomic E-state index is 13.1. The van der Waals surface area contributed by atoms with Gasteiger partial charge < -0.3 is 14.4 Å². The minimum absolute atomic E-state index is 0.0198. The summed E-state index contributed by atoms with van der Waals surface area (Å²) in [5.74, 6) is -0.170. The Labute approximate surface area is 151 Å². The lowest BCUT2D eigenvalue weighted by molar-refractivity contribution is -0.610. The van der Waals surface area contributed by atoms with Crippen molar-refractivity contribution in [3.63, 3.8) is 0 Å². The van der Waals surface area contributed by atoms with Crippen LogP contribution < -0.4 is 4.73 Å². The van der Waals surface area contributed by atoms with E-state index in [9.17, 15) is 10.0 Å². The Hall–Kier alpha value is -3.15. The lowest BCUT2D eigenvalue weighted by Crippen LogP contribution is -2.43. The van der Waals surface area contributed by atoms with Crippen molar-refractivity contribution in [2.24, 2.45) is 0 Å². The first-order valence-electron chi connectivity index (χ1n) is 8.36. The second-order valence-corrected chi connectivity index (χ2v) is 6.33. The number of benzene rings is 1. The van der Waals surface area contributed by atoms with Crippen LogP contribution in [0, 0.1) is 5.21 Å². The molecule has 26 heavy (non-hydrogen) atoms. The van der Waals surface area contributed by atoms with Gasteiger partial charge in [-0.3, -0.25) is 9.78 Å². The first-order chi connectivity index (χ1) is 12.5. The van der Waals surface area contributed by atoms with Crippen molar-refractivity contribution >= 4 is 5.97 Å². The standard InChI is InChI=1S/C20H20N2O4/c1-4-25-19(23)20(2,3)18-22(24)16(14-9-6-5-7-10-14)17(26-18)15-11-8-12-21-13-15/h5-13H,4H2,1-3H3. The smallest absolute Gasteiger partial charge is 0.377 e. The van der Waals surface area contributed by atoms with E-state index in [0.29, 0.717) is 27.3 Å². The van der Waals surface area contributed by atoms with Crippen LogP contribution in [0.3, 0.4) is 0 Å². The second-order valence-electron chi connectivity index (χ2n) is 6.33. The minimum atomic E-state index is -1.23. The van der Waals surface area contributed by atoms with Crippen LogP contribution in [-0.2, 0) is 14.9 Å². The van der Waals surface area contributed by atoms with Gasteiger partial charge in [-0.05, 0) is 45.0 Å².